The highest BCUT2D eigenvalue weighted by Gasteiger charge is 2.36. The smallest absolute Gasteiger partial charge is 0.426 e. The second-order valence-electron chi connectivity index (χ2n) is 8.94. The molecule has 0 saturated heterocycles. The van der Waals surface area contributed by atoms with Crippen molar-refractivity contribution < 1.29 is 27.1 Å². The van der Waals surface area contributed by atoms with Crippen LogP contribution < -0.4 is 4.31 Å². The number of aromatic nitrogens is 3. The zero-order valence-electron chi connectivity index (χ0n) is 21.2. The average molecular weight is 541 g/mol. The fourth-order valence-electron chi connectivity index (χ4n) is 4.36. The number of benzene rings is 2. The predicted octanol–water partition coefficient (Wildman–Crippen LogP) is 6.22. The van der Waals surface area contributed by atoms with Gasteiger partial charge in [0.25, 0.3) is 10.0 Å². The van der Waals surface area contributed by atoms with Crippen molar-refractivity contribution >= 4 is 21.8 Å². The van der Waals surface area contributed by atoms with Gasteiger partial charge < -0.3 is 5.11 Å². The summed E-state index contributed by atoms with van der Waals surface area (Å²) in [6.07, 6.45) is 3.27. The highest BCUT2D eigenvalue weighted by atomic mass is 32.2. The summed E-state index contributed by atoms with van der Waals surface area (Å²) in [5.74, 6) is -2.32. The topological polar surface area (TPSA) is 105 Å². The molecule has 1 amide bonds. The van der Waals surface area contributed by atoms with Crippen LogP contribution in [0.5, 0.6) is 0 Å². The first-order valence-electron chi connectivity index (χ1n) is 11.8. The Labute approximate surface area is 219 Å². The molecule has 2 aromatic heterocycles. The van der Waals surface area contributed by atoms with Gasteiger partial charge in [-0.2, -0.15) is 9.40 Å². The van der Waals surface area contributed by atoms with E-state index < -0.39 is 32.6 Å². The first-order valence-corrected chi connectivity index (χ1v) is 13.3. The third kappa shape index (κ3) is 4.76. The van der Waals surface area contributed by atoms with Crippen LogP contribution in [0.1, 0.15) is 37.8 Å². The average Bonchev–Trinajstić information content (AvgIpc) is 3.30. The Hall–Kier alpha value is -4.12. The van der Waals surface area contributed by atoms with Crippen LogP contribution in [0.4, 0.5) is 19.3 Å². The van der Waals surface area contributed by atoms with Gasteiger partial charge in [0.1, 0.15) is 22.2 Å². The maximum Gasteiger partial charge on any atom is 0.426 e. The molecule has 0 radical (unpaired) electrons. The summed E-state index contributed by atoms with van der Waals surface area (Å²) in [5.41, 5.74) is 3.54. The molecule has 2 aromatic carbocycles. The van der Waals surface area contributed by atoms with Crippen molar-refractivity contribution in [1.29, 1.82) is 0 Å². The Morgan fingerprint density at radius 3 is 2.39 bits per heavy atom. The van der Waals surface area contributed by atoms with E-state index in [1.54, 1.807) is 30.1 Å². The van der Waals surface area contributed by atoms with E-state index in [1.165, 1.54) is 6.07 Å². The van der Waals surface area contributed by atoms with Crippen molar-refractivity contribution in [1.82, 2.24) is 14.8 Å². The number of carboxylic acid groups (broad SMARTS) is 1. The van der Waals surface area contributed by atoms with Crippen molar-refractivity contribution in [3.8, 4) is 22.4 Å². The molecular weight excluding hydrogens is 514 g/mol. The summed E-state index contributed by atoms with van der Waals surface area (Å²) in [7, 11) is -5.04. The van der Waals surface area contributed by atoms with Crippen molar-refractivity contribution in [3.05, 3.63) is 83.8 Å². The lowest BCUT2D eigenvalue weighted by atomic mass is 9.88. The Morgan fingerprint density at radius 2 is 1.79 bits per heavy atom. The first-order chi connectivity index (χ1) is 18.0. The molecule has 4 rings (SSSR count). The van der Waals surface area contributed by atoms with E-state index in [4.69, 9.17) is 5.10 Å². The molecule has 0 aliphatic rings. The lowest BCUT2D eigenvalue weighted by Crippen LogP contribution is -2.37. The second-order valence-corrected chi connectivity index (χ2v) is 10.7. The quantitative estimate of drug-likeness (QED) is 0.299. The molecule has 38 heavy (non-hydrogen) atoms. The molecule has 8 nitrogen and oxygen atoms in total. The summed E-state index contributed by atoms with van der Waals surface area (Å²) in [6, 6.07) is 8.48. The van der Waals surface area contributed by atoms with Crippen molar-refractivity contribution in [2.75, 3.05) is 4.31 Å². The summed E-state index contributed by atoms with van der Waals surface area (Å²) in [4.78, 5) is 15.4. The highest BCUT2D eigenvalue weighted by molar-refractivity contribution is 7.93. The van der Waals surface area contributed by atoms with Gasteiger partial charge >= 0.3 is 6.09 Å². The lowest BCUT2D eigenvalue weighted by Gasteiger charge is -2.25. The third-order valence-electron chi connectivity index (χ3n) is 6.21. The van der Waals surface area contributed by atoms with Gasteiger partial charge in [0.2, 0.25) is 0 Å². The van der Waals surface area contributed by atoms with Crippen molar-refractivity contribution in [2.24, 2.45) is 0 Å². The number of halogens is 2. The largest absolute Gasteiger partial charge is 0.464 e. The minimum absolute atomic E-state index is 0.0367. The molecule has 2 heterocycles. The van der Waals surface area contributed by atoms with Crippen molar-refractivity contribution in [2.45, 2.75) is 45.1 Å². The van der Waals surface area contributed by atoms with Crippen LogP contribution in [-0.4, -0.2) is 34.4 Å². The van der Waals surface area contributed by atoms with Crippen LogP contribution in [0.3, 0.4) is 0 Å². The van der Waals surface area contributed by atoms with Gasteiger partial charge in [0.05, 0.1) is 5.69 Å². The van der Waals surface area contributed by atoms with Gasteiger partial charge in [-0.1, -0.05) is 19.9 Å². The molecule has 0 aliphatic heterocycles. The number of anilines is 1. The lowest BCUT2D eigenvalue weighted by molar-refractivity contribution is 0.206. The molecule has 0 aliphatic carbocycles. The van der Waals surface area contributed by atoms with Crippen LogP contribution >= 0.6 is 0 Å². The molecule has 4 aromatic rings. The van der Waals surface area contributed by atoms with Crippen LogP contribution in [0.15, 0.2) is 66.0 Å². The molecule has 0 bridgehead atoms. The Balaban J connectivity index is 2.03. The van der Waals surface area contributed by atoms with E-state index in [0.717, 1.165) is 22.8 Å². The molecule has 0 unspecified atom stereocenters. The van der Waals surface area contributed by atoms with Gasteiger partial charge in [-0.05, 0) is 72.9 Å². The van der Waals surface area contributed by atoms with Gasteiger partial charge in [-0.3, -0.25) is 9.67 Å². The number of sulfonamides is 1. The Bertz CT molecular complexity index is 1620. The predicted molar refractivity (Wildman–Crippen MR) is 139 cm³/mol. The van der Waals surface area contributed by atoms with Gasteiger partial charge in [0, 0.05) is 36.3 Å². The molecule has 0 atom stereocenters. The maximum absolute atomic E-state index is 14.5. The molecule has 11 heteroatoms. The number of rotatable bonds is 7. The van der Waals surface area contributed by atoms with Crippen LogP contribution in [0, 0.1) is 18.6 Å². The summed E-state index contributed by atoms with van der Waals surface area (Å²) in [5, 5.41) is 14.8. The number of nitrogens with zero attached hydrogens (tertiary/aromatic N) is 4. The summed E-state index contributed by atoms with van der Waals surface area (Å²) >= 11 is 0. The highest BCUT2D eigenvalue weighted by Crippen LogP contribution is 2.42. The number of amides is 1. The van der Waals surface area contributed by atoms with E-state index in [9.17, 15) is 27.1 Å². The Kier molecular flexibility index (Phi) is 7.32. The van der Waals surface area contributed by atoms with Crippen LogP contribution in [0.2, 0.25) is 0 Å². The van der Waals surface area contributed by atoms with E-state index in [1.807, 2.05) is 39.1 Å². The summed E-state index contributed by atoms with van der Waals surface area (Å²) in [6.45, 7) is 7.98. The van der Waals surface area contributed by atoms with Crippen molar-refractivity contribution in [3.63, 3.8) is 0 Å². The number of aryl methyl sites for hydroxylation is 1. The number of carbonyl (C=O) groups is 1. The molecule has 198 valence electrons. The monoisotopic (exact) mass is 540 g/mol. The van der Waals surface area contributed by atoms with E-state index in [-0.39, 0.29) is 15.9 Å². The normalized spacial score (nSPS) is 11.7. The van der Waals surface area contributed by atoms with Gasteiger partial charge in [0.15, 0.2) is 0 Å². The number of hydrogen-bond acceptors (Lipinski definition) is 5. The molecule has 0 spiro atoms. The van der Waals surface area contributed by atoms with Gasteiger partial charge in [-0.25, -0.2) is 22.0 Å². The van der Waals surface area contributed by atoms with Gasteiger partial charge in [-0.15, -0.1) is 0 Å². The van der Waals surface area contributed by atoms with E-state index in [2.05, 4.69) is 4.98 Å². The number of hydrogen-bond donors (Lipinski definition) is 1. The van der Waals surface area contributed by atoms with E-state index >= 15 is 0 Å². The zero-order valence-corrected chi connectivity index (χ0v) is 22.0. The third-order valence-corrected chi connectivity index (χ3v) is 7.91. The van der Waals surface area contributed by atoms with Crippen LogP contribution in [-0.2, 0) is 16.6 Å². The Morgan fingerprint density at radius 1 is 1.11 bits per heavy atom. The molecule has 0 saturated carbocycles. The molecular formula is C27H26F2N4O4S. The number of pyridine rings is 1. The molecule has 1 N–H and O–H groups in total. The first kappa shape index (κ1) is 26.9. The molecule has 0 fully saturated rings. The van der Waals surface area contributed by atoms with E-state index in [0.29, 0.717) is 35.5 Å². The zero-order chi connectivity index (χ0) is 27.8. The minimum Gasteiger partial charge on any atom is -0.464 e. The fourth-order valence-corrected chi connectivity index (χ4v) is 5.79. The minimum atomic E-state index is -5.04. The summed E-state index contributed by atoms with van der Waals surface area (Å²) < 4.78 is 57.0. The van der Waals surface area contributed by atoms with Crippen LogP contribution in [0.25, 0.3) is 22.4 Å². The standard InChI is InChI=1S/C27H26F2N4O4S/c1-5-32-15-21(18-10-12-30-13-11-18)26(31-32)25-17(4)23(9-7-20(25)16(2)3)33(27(34)35)38(36,37)24-14-19(28)6-8-22(24)29/h6-16H,5H2,1-4H3,(H,34,35). The SMILES string of the molecule is CCn1cc(-c2ccncc2)c(-c2c(C(C)C)ccc(N(C(=O)O)S(=O)(=O)c3cc(F)ccc3F)c2C)n1. The maximum atomic E-state index is 14.5. The fraction of sp³-hybridized carbons (Fsp3) is 0.222. The second kappa shape index (κ2) is 10.3.